The standard InChI is InChI=1S/C13H24N4O2/c1-3-7-14-11(10-19-2)9-17-13(18)16-8-5-4-6-12(16)15-17/h11,14H,3-10H2,1-2H3. The lowest BCUT2D eigenvalue weighted by Gasteiger charge is -2.16. The molecule has 2 rings (SSSR count). The molecule has 0 saturated heterocycles. The number of rotatable bonds is 7. The molecule has 1 aromatic heterocycles. The van der Waals surface area contributed by atoms with Crippen molar-refractivity contribution in [3.8, 4) is 0 Å². The molecule has 1 aliphatic heterocycles. The second-order valence-electron chi connectivity index (χ2n) is 5.10. The monoisotopic (exact) mass is 268 g/mol. The topological polar surface area (TPSA) is 61.1 Å². The molecule has 1 aliphatic rings. The summed E-state index contributed by atoms with van der Waals surface area (Å²) in [6.45, 7) is 5.03. The molecule has 0 aliphatic carbocycles. The number of fused-ring (bicyclic) bond motifs is 1. The molecule has 0 fully saturated rings. The Morgan fingerprint density at radius 3 is 3.00 bits per heavy atom. The fourth-order valence-corrected chi connectivity index (χ4v) is 2.50. The molecule has 6 heteroatoms. The van der Waals surface area contributed by atoms with Crippen molar-refractivity contribution >= 4 is 0 Å². The predicted molar refractivity (Wildman–Crippen MR) is 73.4 cm³/mol. The van der Waals surface area contributed by atoms with Gasteiger partial charge in [0.05, 0.1) is 19.2 Å². The van der Waals surface area contributed by atoms with E-state index in [4.69, 9.17) is 4.74 Å². The third-order valence-electron chi connectivity index (χ3n) is 3.48. The fraction of sp³-hybridized carbons (Fsp3) is 0.846. The summed E-state index contributed by atoms with van der Waals surface area (Å²) in [6.07, 6.45) is 4.19. The number of nitrogens with zero attached hydrogens (tertiary/aromatic N) is 3. The first kappa shape index (κ1) is 14.3. The van der Waals surface area contributed by atoms with Gasteiger partial charge in [-0.1, -0.05) is 6.92 Å². The van der Waals surface area contributed by atoms with E-state index in [0.29, 0.717) is 13.2 Å². The van der Waals surface area contributed by atoms with Crippen molar-refractivity contribution in [2.45, 2.75) is 51.7 Å². The van der Waals surface area contributed by atoms with Crippen molar-refractivity contribution in [2.75, 3.05) is 20.3 Å². The van der Waals surface area contributed by atoms with Gasteiger partial charge in [-0.2, -0.15) is 5.10 Å². The van der Waals surface area contributed by atoms with Crippen LogP contribution >= 0.6 is 0 Å². The van der Waals surface area contributed by atoms with Gasteiger partial charge in [-0.05, 0) is 25.8 Å². The van der Waals surface area contributed by atoms with Crippen LogP contribution in [0.3, 0.4) is 0 Å². The Morgan fingerprint density at radius 1 is 1.47 bits per heavy atom. The Morgan fingerprint density at radius 2 is 2.32 bits per heavy atom. The summed E-state index contributed by atoms with van der Waals surface area (Å²) in [7, 11) is 1.68. The molecule has 19 heavy (non-hydrogen) atoms. The van der Waals surface area contributed by atoms with E-state index in [9.17, 15) is 4.79 Å². The van der Waals surface area contributed by atoms with E-state index in [1.165, 1.54) is 0 Å². The summed E-state index contributed by atoms with van der Waals surface area (Å²) in [5.74, 6) is 0.933. The molecule has 108 valence electrons. The number of hydrogen-bond acceptors (Lipinski definition) is 4. The maximum atomic E-state index is 12.2. The van der Waals surface area contributed by atoms with Gasteiger partial charge in [0, 0.05) is 20.1 Å². The van der Waals surface area contributed by atoms with Crippen LogP contribution in [0.5, 0.6) is 0 Å². The van der Waals surface area contributed by atoms with Gasteiger partial charge < -0.3 is 10.1 Å². The van der Waals surface area contributed by atoms with Crippen molar-refractivity contribution in [2.24, 2.45) is 0 Å². The molecule has 0 amide bonds. The highest BCUT2D eigenvalue weighted by Gasteiger charge is 2.18. The van der Waals surface area contributed by atoms with Crippen LogP contribution in [0, 0.1) is 0 Å². The van der Waals surface area contributed by atoms with Crippen LogP contribution in [0.25, 0.3) is 0 Å². The first-order chi connectivity index (χ1) is 9.26. The van der Waals surface area contributed by atoms with Crippen molar-refractivity contribution in [3.63, 3.8) is 0 Å². The van der Waals surface area contributed by atoms with Crippen LogP contribution in [0.15, 0.2) is 4.79 Å². The molecule has 1 unspecified atom stereocenters. The lowest BCUT2D eigenvalue weighted by atomic mass is 10.2. The van der Waals surface area contributed by atoms with Gasteiger partial charge in [0.15, 0.2) is 0 Å². The number of hydrogen-bond donors (Lipinski definition) is 1. The van der Waals surface area contributed by atoms with Crippen LogP contribution in [0.1, 0.15) is 32.0 Å². The summed E-state index contributed by atoms with van der Waals surface area (Å²) in [5, 5.41) is 7.84. The lowest BCUT2D eigenvalue weighted by molar-refractivity contribution is 0.156. The van der Waals surface area contributed by atoms with Gasteiger partial charge in [0.2, 0.25) is 0 Å². The average molecular weight is 268 g/mol. The van der Waals surface area contributed by atoms with E-state index in [2.05, 4.69) is 17.3 Å². The first-order valence-corrected chi connectivity index (χ1v) is 7.15. The van der Waals surface area contributed by atoms with Crippen molar-refractivity contribution in [1.29, 1.82) is 0 Å². The maximum Gasteiger partial charge on any atom is 0.345 e. The van der Waals surface area contributed by atoms with Gasteiger partial charge >= 0.3 is 5.69 Å². The highest BCUT2D eigenvalue weighted by Crippen LogP contribution is 2.09. The summed E-state index contributed by atoms with van der Waals surface area (Å²) in [5.41, 5.74) is 0.0223. The zero-order chi connectivity index (χ0) is 13.7. The number of aryl methyl sites for hydroxylation is 1. The molecule has 2 heterocycles. The van der Waals surface area contributed by atoms with Crippen LogP contribution in [-0.4, -0.2) is 40.7 Å². The Bertz CT molecular complexity index is 452. The van der Waals surface area contributed by atoms with E-state index in [-0.39, 0.29) is 11.7 Å². The zero-order valence-corrected chi connectivity index (χ0v) is 11.9. The number of nitrogens with one attached hydrogen (secondary N) is 1. The summed E-state index contributed by atoms with van der Waals surface area (Å²) in [6, 6.07) is 0.139. The Balaban J connectivity index is 2.08. The normalized spacial score (nSPS) is 16.3. The third kappa shape index (κ3) is 3.45. The molecule has 1 N–H and O–H groups in total. The van der Waals surface area contributed by atoms with E-state index in [1.807, 2.05) is 4.57 Å². The molecule has 0 saturated carbocycles. The van der Waals surface area contributed by atoms with Crippen molar-refractivity contribution in [3.05, 3.63) is 16.3 Å². The van der Waals surface area contributed by atoms with Gasteiger partial charge in [0.25, 0.3) is 0 Å². The first-order valence-electron chi connectivity index (χ1n) is 7.15. The average Bonchev–Trinajstić information content (AvgIpc) is 2.74. The maximum absolute atomic E-state index is 12.2. The quantitative estimate of drug-likeness (QED) is 0.777. The van der Waals surface area contributed by atoms with Crippen LogP contribution in [-0.2, 0) is 24.2 Å². The molecule has 0 bridgehead atoms. The molecular formula is C13H24N4O2. The second kappa shape index (κ2) is 6.86. The Kier molecular flexibility index (Phi) is 5.15. The third-order valence-corrected chi connectivity index (χ3v) is 3.48. The highest BCUT2D eigenvalue weighted by atomic mass is 16.5. The molecule has 0 spiro atoms. The molecular weight excluding hydrogens is 244 g/mol. The smallest absolute Gasteiger partial charge is 0.345 e. The van der Waals surface area contributed by atoms with E-state index >= 15 is 0 Å². The van der Waals surface area contributed by atoms with Gasteiger partial charge in [-0.25, -0.2) is 9.48 Å². The summed E-state index contributed by atoms with van der Waals surface area (Å²) in [4.78, 5) is 12.2. The largest absolute Gasteiger partial charge is 0.383 e. The molecule has 0 aromatic carbocycles. The van der Waals surface area contributed by atoms with E-state index in [0.717, 1.165) is 44.6 Å². The van der Waals surface area contributed by atoms with Gasteiger partial charge in [0.1, 0.15) is 5.82 Å². The summed E-state index contributed by atoms with van der Waals surface area (Å²) >= 11 is 0. The summed E-state index contributed by atoms with van der Waals surface area (Å²) < 4.78 is 8.61. The number of methoxy groups -OCH3 is 1. The van der Waals surface area contributed by atoms with Crippen molar-refractivity contribution in [1.82, 2.24) is 19.7 Å². The van der Waals surface area contributed by atoms with Crippen LogP contribution in [0.4, 0.5) is 0 Å². The van der Waals surface area contributed by atoms with Gasteiger partial charge in [-0.3, -0.25) is 4.57 Å². The minimum atomic E-state index is 0.0223. The lowest BCUT2D eigenvalue weighted by Crippen LogP contribution is -2.40. The molecule has 6 nitrogen and oxygen atoms in total. The molecule has 0 radical (unpaired) electrons. The van der Waals surface area contributed by atoms with Crippen molar-refractivity contribution < 1.29 is 4.74 Å². The number of aromatic nitrogens is 3. The fourth-order valence-electron chi connectivity index (χ4n) is 2.50. The minimum absolute atomic E-state index is 0.0223. The van der Waals surface area contributed by atoms with E-state index in [1.54, 1.807) is 11.8 Å². The predicted octanol–water partition coefficient (Wildman–Crippen LogP) is 0.396. The minimum Gasteiger partial charge on any atom is -0.383 e. The van der Waals surface area contributed by atoms with E-state index < -0.39 is 0 Å². The molecule has 1 atom stereocenters. The zero-order valence-electron chi connectivity index (χ0n) is 11.9. The van der Waals surface area contributed by atoms with Gasteiger partial charge in [-0.15, -0.1) is 0 Å². The SMILES string of the molecule is CCCNC(COC)Cn1nc2n(c1=O)CCCC2. The van der Waals surface area contributed by atoms with Crippen LogP contribution < -0.4 is 11.0 Å². The molecule has 1 aromatic rings. The van der Waals surface area contributed by atoms with Crippen LogP contribution in [0.2, 0.25) is 0 Å². The second-order valence-corrected chi connectivity index (χ2v) is 5.10. The number of ether oxygens (including phenoxy) is 1. The Labute approximate surface area is 113 Å². The highest BCUT2D eigenvalue weighted by molar-refractivity contribution is 4.91. The Hall–Kier alpha value is -1.14.